The third-order valence-corrected chi connectivity index (χ3v) is 4.14. The van der Waals surface area contributed by atoms with Gasteiger partial charge in [-0.05, 0) is 37.4 Å². The Balaban J connectivity index is 0.00000144. The number of hydrogen-bond acceptors (Lipinski definition) is 3. The summed E-state index contributed by atoms with van der Waals surface area (Å²) in [6, 6.07) is 3.56. The largest absolute Gasteiger partial charge is 0.338 e. The molecule has 2 rings (SSSR count). The number of carbonyl (C=O) groups excluding carboxylic acids is 1. The number of hydrogen-bond donors (Lipinski definition) is 1. The first-order valence-electron chi connectivity index (χ1n) is 5.45. The number of amides is 1. The van der Waals surface area contributed by atoms with E-state index in [1.54, 1.807) is 12.1 Å². The Hall–Kier alpha value is -0.290. The molecule has 0 aliphatic carbocycles. The second kappa shape index (κ2) is 6.59. The normalized spacial score (nSPS) is 19.9. The highest BCUT2D eigenvalue weighted by Crippen LogP contribution is 2.24. The standard InChI is InChI=1S/C11H15ClN2OS.ClH/c12-10-4-3-9(16-10)11(15)14-5-1-2-8(6-13)7-14;/h3-4,8H,1-2,5-7,13H2;1H. The summed E-state index contributed by atoms with van der Waals surface area (Å²) in [5.41, 5.74) is 5.65. The summed E-state index contributed by atoms with van der Waals surface area (Å²) >= 11 is 7.17. The Bertz CT molecular complexity index is 383. The summed E-state index contributed by atoms with van der Waals surface area (Å²) in [6.07, 6.45) is 2.18. The fourth-order valence-electron chi connectivity index (χ4n) is 2.03. The molecular formula is C11H16Cl2N2OS. The Morgan fingerprint density at radius 1 is 1.59 bits per heavy atom. The van der Waals surface area contributed by atoms with Gasteiger partial charge in [-0.1, -0.05) is 11.6 Å². The summed E-state index contributed by atoms with van der Waals surface area (Å²) in [5.74, 6) is 0.545. The highest BCUT2D eigenvalue weighted by molar-refractivity contribution is 7.17. The average molecular weight is 295 g/mol. The number of nitrogens with two attached hydrogens (primary N) is 1. The van der Waals surface area contributed by atoms with Crippen LogP contribution in [-0.2, 0) is 0 Å². The van der Waals surface area contributed by atoms with Crippen molar-refractivity contribution in [2.45, 2.75) is 12.8 Å². The number of thiophene rings is 1. The molecule has 0 radical (unpaired) electrons. The van der Waals surface area contributed by atoms with Gasteiger partial charge in [-0.3, -0.25) is 4.79 Å². The number of piperidine rings is 1. The van der Waals surface area contributed by atoms with Crippen molar-refractivity contribution in [3.05, 3.63) is 21.3 Å². The summed E-state index contributed by atoms with van der Waals surface area (Å²) in [5, 5.41) is 0. The Morgan fingerprint density at radius 2 is 2.35 bits per heavy atom. The molecule has 1 unspecified atom stereocenters. The van der Waals surface area contributed by atoms with Crippen molar-refractivity contribution < 1.29 is 4.79 Å². The van der Waals surface area contributed by atoms with E-state index in [0.29, 0.717) is 16.8 Å². The maximum absolute atomic E-state index is 12.1. The van der Waals surface area contributed by atoms with Gasteiger partial charge in [-0.15, -0.1) is 23.7 Å². The maximum Gasteiger partial charge on any atom is 0.263 e. The van der Waals surface area contributed by atoms with Gasteiger partial charge in [0.05, 0.1) is 9.21 Å². The SMILES string of the molecule is Cl.NCC1CCCN(C(=O)c2ccc(Cl)s2)C1. The summed E-state index contributed by atoms with van der Waals surface area (Å²) < 4.78 is 0.663. The van der Waals surface area contributed by atoms with E-state index >= 15 is 0 Å². The van der Waals surface area contributed by atoms with Gasteiger partial charge >= 0.3 is 0 Å². The predicted octanol–water partition coefficient (Wildman–Crippen LogP) is 2.63. The molecule has 1 saturated heterocycles. The predicted molar refractivity (Wildman–Crippen MR) is 74.3 cm³/mol. The van der Waals surface area contributed by atoms with Crippen LogP contribution in [0.3, 0.4) is 0 Å². The molecule has 1 fully saturated rings. The molecule has 0 bridgehead atoms. The summed E-state index contributed by atoms with van der Waals surface area (Å²) in [4.78, 5) is 14.7. The Morgan fingerprint density at radius 3 is 2.94 bits per heavy atom. The molecule has 0 aromatic carbocycles. The second-order valence-electron chi connectivity index (χ2n) is 4.10. The van der Waals surface area contributed by atoms with E-state index in [-0.39, 0.29) is 18.3 Å². The molecule has 17 heavy (non-hydrogen) atoms. The highest BCUT2D eigenvalue weighted by Gasteiger charge is 2.24. The van der Waals surface area contributed by atoms with Crippen molar-refractivity contribution in [3.63, 3.8) is 0 Å². The monoisotopic (exact) mass is 294 g/mol. The van der Waals surface area contributed by atoms with Crippen LogP contribution < -0.4 is 5.73 Å². The first-order chi connectivity index (χ1) is 7.70. The Labute approximate surface area is 116 Å². The molecule has 0 spiro atoms. The molecule has 1 aliphatic rings. The van der Waals surface area contributed by atoms with Crippen LogP contribution in [-0.4, -0.2) is 30.4 Å². The van der Waals surface area contributed by atoms with Crippen molar-refractivity contribution >= 4 is 41.3 Å². The molecule has 1 amide bonds. The lowest BCUT2D eigenvalue weighted by Gasteiger charge is -2.31. The smallest absolute Gasteiger partial charge is 0.263 e. The maximum atomic E-state index is 12.1. The van der Waals surface area contributed by atoms with E-state index in [4.69, 9.17) is 17.3 Å². The van der Waals surface area contributed by atoms with E-state index in [1.807, 2.05) is 4.90 Å². The molecule has 1 aromatic heterocycles. The van der Waals surface area contributed by atoms with Gasteiger partial charge < -0.3 is 10.6 Å². The molecular weight excluding hydrogens is 279 g/mol. The minimum absolute atomic E-state index is 0. The van der Waals surface area contributed by atoms with E-state index in [2.05, 4.69) is 0 Å². The molecule has 6 heteroatoms. The van der Waals surface area contributed by atoms with Crippen LogP contribution in [0.25, 0.3) is 0 Å². The molecule has 2 N–H and O–H groups in total. The van der Waals surface area contributed by atoms with Crippen LogP contribution in [0.15, 0.2) is 12.1 Å². The van der Waals surface area contributed by atoms with E-state index in [9.17, 15) is 4.79 Å². The van der Waals surface area contributed by atoms with Gasteiger partial charge in [0.2, 0.25) is 0 Å². The fourth-order valence-corrected chi connectivity index (χ4v) is 3.04. The third-order valence-electron chi connectivity index (χ3n) is 2.92. The van der Waals surface area contributed by atoms with Crippen LogP contribution in [0, 0.1) is 5.92 Å². The molecule has 0 saturated carbocycles. The molecule has 96 valence electrons. The van der Waals surface area contributed by atoms with Gasteiger partial charge in [0.25, 0.3) is 5.91 Å². The Kier molecular flexibility index (Phi) is 5.73. The van der Waals surface area contributed by atoms with E-state index in [1.165, 1.54) is 11.3 Å². The number of carbonyl (C=O) groups is 1. The van der Waals surface area contributed by atoms with Crippen molar-refractivity contribution in [2.24, 2.45) is 11.7 Å². The van der Waals surface area contributed by atoms with Crippen molar-refractivity contribution in [1.29, 1.82) is 0 Å². The molecule has 1 aliphatic heterocycles. The molecule has 1 aromatic rings. The third kappa shape index (κ3) is 3.58. The van der Waals surface area contributed by atoms with Crippen LogP contribution in [0.4, 0.5) is 0 Å². The average Bonchev–Trinajstić information content (AvgIpc) is 2.75. The van der Waals surface area contributed by atoms with Crippen LogP contribution in [0.2, 0.25) is 4.34 Å². The lowest BCUT2D eigenvalue weighted by Crippen LogP contribution is -2.41. The van der Waals surface area contributed by atoms with Crippen LogP contribution in [0.1, 0.15) is 22.5 Å². The number of likely N-dealkylation sites (tertiary alicyclic amines) is 1. The van der Waals surface area contributed by atoms with E-state index < -0.39 is 0 Å². The zero-order chi connectivity index (χ0) is 11.5. The lowest BCUT2D eigenvalue weighted by molar-refractivity contribution is 0.0683. The van der Waals surface area contributed by atoms with Crippen LogP contribution >= 0.6 is 35.3 Å². The summed E-state index contributed by atoms with van der Waals surface area (Å²) in [6.45, 7) is 2.28. The number of nitrogens with zero attached hydrogens (tertiary/aromatic N) is 1. The number of rotatable bonds is 2. The molecule has 2 heterocycles. The van der Waals surface area contributed by atoms with Crippen LogP contribution in [0.5, 0.6) is 0 Å². The van der Waals surface area contributed by atoms with E-state index in [0.717, 1.165) is 30.8 Å². The first kappa shape index (κ1) is 14.8. The van der Waals surface area contributed by atoms with Crippen molar-refractivity contribution in [3.8, 4) is 0 Å². The van der Waals surface area contributed by atoms with Gasteiger partial charge in [-0.2, -0.15) is 0 Å². The molecule has 3 nitrogen and oxygen atoms in total. The zero-order valence-electron chi connectivity index (χ0n) is 9.39. The minimum Gasteiger partial charge on any atom is -0.338 e. The first-order valence-corrected chi connectivity index (χ1v) is 6.65. The zero-order valence-corrected chi connectivity index (χ0v) is 11.8. The van der Waals surface area contributed by atoms with Gasteiger partial charge in [0, 0.05) is 13.1 Å². The fraction of sp³-hybridized carbons (Fsp3) is 0.545. The number of halogens is 2. The van der Waals surface area contributed by atoms with Crippen molar-refractivity contribution in [2.75, 3.05) is 19.6 Å². The molecule has 1 atom stereocenters. The minimum atomic E-state index is 0. The van der Waals surface area contributed by atoms with Gasteiger partial charge in [0.15, 0.2) is 0 Å². The van der Waals surface area contributed by atoms with Gasteiger partial charge in [-0.25, -0.2) is 0 Å². The lowest BCUT2D eigenvalue weighted by atomic mass is 9.98. The summed E-state index contributed by atoms with van der Waals surface area (Å²) in [7, 11) is 0. The topological polar surface area (TPSA) is 46.3 Å². The highest BCUT2D eigenvalue weighted by atomic mass is 35.5. The van der Waals surface area contributed by atoms with Gasteiger partial charge in [0.1, 0.15) is 0 Å². The second-order valence-corrected chi connectivity index (χ2v) is 5.81. The quantitative estimate of drug-likeness (QED) is 0.911. The van der Waals surface area contributed by atoms with Crippen molar-refractivity contribution in [1.82, 2.24) is 4.90 Å².